The lowest BCUT2D eigenvalue weighted by atomic mass is 10.1. The predicted octanol–water partition coefficient (Wildman–Crippen LogP) is 4.78. The van der Waals surface area contributed by atoms with Crippen molar-refractivity contribution in [2.24, 2.45) is 0 Å². The van der Waals surface area contributed by atoms with Crippen molar-refractivity contribution < 1.29 is 28.4 Å². The Morgan fingerprint density at radius 3 is 2.38 bits per heavy atom. The maximum Gasteiger partial charge on any atom is 0.190 e. The number of hydrogen-bond acceptors (Lipinski definition) is 6. The average molecular weight is 447 g/mol. The zero-order chi connectivity index (χ0) is 23.1. The Balaban J connectivity index is 1.74. The van der Waals surface area contributed by atoms with Gasteiger partial charge in [-0.1, -0.05) is 53.6 Å². The summed E-state index contributed by atoms with van der Waals surface area (Å²) in [6.45, 7) is 13.8. The lowest BCUT2D eigenvalue weighted by Crippen LogP contribution is -2.45. The normalized spacial score (nSPS) is 27.1. The summed E-state index contributed by atoms with van der Waals surface area (Å²) < 4.78 is 36.9. The van der Waals surface area contributed by atoms with Gasteiger partial charge >= 0.3 is 0 Å². The molecule has 0 unspecified atom stereocenters. The highest BCUT2D eigenvalue weighted by atomic mass is 16.8. The largest absolute Gasteiger partial charge is 0.375 e. The van der Waals surface area contributed by atoms with Crippen molar-refractivity contribution in [1.82, 2.24) is 0 Å². The van der Waals surface area contributed by atoms with E-state index in [1.165, 1.54) is 11.1 Å². The molecule has 3 rings (SSSR count). The van der Waals surface area contributed by atoms with Gasteiger partial charge in [-0.3, -0.25) is 0 Å². The fourth-order valence-corrected chi connectivity index (χ4v) is 3.75. The van der Waals surface area contributed by atoms with E-state index in [1.807, 2.05) is 44.2 Å². The Hall–Kier alpha value is -1.54. The Morgan fingerprint density at radius 1 is 1.00 bits per heavy atom. The third-order valence-corrected chi connectivity index (χ3v) is 5.37. The van der Waals surface area contributed by atoms with Crippen molar-refractivity contribution in [1.29, 1.82) is 0 Å². The lowest BCUT2D eigenvalue weighted by Gasteiger charge is -2.31. The van der Waals surface area contributed by atoms with Crippen molar-refractivity contribution in [3.05, 3.63) is 59.2 Å². The zero-order valence-corrected chi connectivity index (χ0v) is 20.2. The molecule has 178 valence electrons. The van der Waals surface area contributed by atoms with Crippen molar-refractivity contribution in [2.75, 3.05) is 19.8 Å². The minimum Gasteiger partial charge on any atom is -0.375 e. The summed E-state index contributed by atoms with van der Waals surface area (Å²) in [6.07, 6.45) is 2.24. The first-order valence-corrected chi connectivity index (χ1v) is 11.4. The van der Waals surface area contributed by atoms with Crippen LogP contribution < -0.4 is 0 Å². The molecular formula is C26H38O6. The monoisotopic (exact) mass is 446 g/mol. The summed E-state index contributed by atoms with van der Waals surface area (Å²) >= 11 is 0. The van der Waals surface area contributed by atoms with Crippen molar-refractivity contribution in [3.8, 4) is 0 Å². The van der Waals surface area contributed by atoms with E-state index in [9.17, 15) is 0 Å². The average Bonchev–Trinajstić information content (AvgIpc) is 3.20. The number of hydrogen-bond donors (Lipinski definition) is 0. The molecule has 32 heavy (non-hydrogen) atoms. The summed E-state index contributed by atoms with van der Waals surface area (Å²) in [7, 11) is 0. The van der Waals surface area contributed by atoms with Crippen LogP contribution in [0.4, 0.5) is 0 Å². The molecular weight excluding hydrogens is 408 g/mol. The van der Waals surface area contributed by atoms with E-state index in [0.717, 1.165) is 5.56 Å². The summed E-state index contributed by atoms with van der Waals surface area (Å²) in [5.41, 5.74) is 3.50. The maximum atomic E-state index is 6.37. The van der Waals surface area contributed by atoms with Gasteiger partial charge in [0.05, 0.1) is 26.4 Å². The van der Waals surface area contributed by atoms with Crippen molar-refractivity contribution in [3.63, 3.8) is 0 Å². The van der Waals surface area contributed by atoms with Gasteiger partial charge in [-0.05, 0) is 47.1 Å². The first kappa shape index (κ1) is 25.1. The van der Waals surface area contributed by atoms with Gasteiger partial charge in [0.1, 0.15) is 24.4 Å². The zero-order valence-electron chi connectivity index (χ0n) is 20.2. The van der Waals surface area contributed by atoms with Gasteiger partial charge in [0, 0.05) is 0 Å². The Kier molecular flexibility index (Phi) is 9.05. The Labute approximate surface area is 192 Å². The molecule has 5 atom stereocenters. The second-order valence-electron chi connectivity index (χ2n) is 9.30. The van der Waals surface area contributed by atoms with Gasteiger partial charge in [0.15, 0.2) is 12.1 Å². The van der Waals surface area contributed by atoms with Crippen molar-refractivity contribution >= 4 is 0 Å². The molecule has 1 aromatic rings. The molecule has 0 radical (unpaired) electrons. The van der Waals surface area contributed by atoms with Gasteiger partial charge in [0.25, 0.3) is 0 Å². The van der Waals surface area contributed by atoms with Gasteiger partial charge in [0.2, 0.25) is 0 Å². The molecule has 2 heterocycles. The van der Waals surface area contributed by atoms with Crippen molar-refractivity contribution in [2.45, 2.75) is 84.6 Å². The van der Waals surface area contributed by atoms with E-state index in [4.69, 9.17) is 28.4 Å². The standard InChI is InChI=1S/C26H38O6/c1-18(2)12-14-27-17-21(28-15-13-19(3)4)22-23(29-16-20-10-8-7-9-11-20)24-25(30-22)32-26(5,6)31-24/h7-13,21-25H,14-17H2,1-6H3/t21-,22+,23-,24+,25+/m0/s1. The molecule has 0 saturated carbocycles. The van der Waals surface area contributed by atoms with Crippen LogP contribution in [0.5, 0.6) is 0 Å². The van der Waals surface area contributed by atoms with Crippen LogP contribution in [0.25, 0.3) is 0 Å². The topological polar surface area (TPSA) is 55.4 Å². The maximum absolute atomic E-state index is 6.37. The quantitative estimate of drug-likeness (QED) is 0.360. The van der Waals surface area contributed by atoms with E-state index in [2.05, 4.69) is 39.8 Å². The van der Waals surface area contributed by atoms with Crippen LogP contribution in [0.1, 0.15) is 47.1 Å². The van der Waals surface area contributed by atoms with Gasteiger partial charge in [-0.2, -0.15) is 0 Å². The summed E-state index contributed by atoms with van der Waals surface area (Å²) in [5.74, 6) is -0.715. The first-order chi connectivity index (χ1) is 15.2. The third kappa shape index (κ3) is 7.24. The van der Waals surface area contributed by atoms with Gasteiger partial charge in [-0.15, -0.1) is 0 Å². The lowest BCUT2D eigenvalue weighted by molar-refractivity contribution is -0.236. The first-order valence-electron chi connectivity index (χ1n) is 11.4. The van der Waals surface area contributed by atoms with Crippen LogP contribution in [0, 0.1) is 0 Å². The van der Waals surface area contributed by atoms with Crippen LogP contribution >= 0.6 is 0 Å². The highest BCUT2D eigenvalue weighted by Crippen LogP contribution is 2.40. The molecule has 2 aliphatic rings. The molecule has 0 aromatic heterocycles. The molecule has 0 bridgehead atoms. The number of rotatable bonds is 11. The smallest absolute Gasteiger partial charge is 0.190 e. The molecule has 2 fully saturated rings. The number of fused-ring (bicyclic) bond motifs is 1. The predicted molar refractivity (Wildman–Crippen MR) is 123 cm³/mol. The second kappa shape index (κ2) is 11.5. The molecule has 0 spiro atoms. The molecule has 2 aliphatic heterocycles. The fraction of sp³-hybridized carbons (Fsp3) is 0.615. The SMILES string of the molecule is CC(C)=CCOC[C@H](OCC=C(C)C)[C@H]1O[C@@H]2OC(C)(C)O[C@@H]2[C@H]1OCc1ccccc1. The van der Waals surface area contributed by atoms with E-state index in [-0.39, 0.29) is 24.4 Å². The molecule has 2 saturated heterocycles. The minimum absolute atomic E-state index is 0.321. The van der Waals surface area contributed by atoms with Gasteiger partial charge in [-0.25, -0.2) is 0 Å². The number of allylic oxidation sites excluding steroid dienone is 2. The molecule has 0 N–H and O–H groups in total. The van der Waals surface area contributed by atoms with Crippen LogP contribution in [-0.2, 0) is 35.0 Å². The molecule has 0 aliphatic carbocycles. The molecule has 1 aromatic carbocycles. The summed E-state index contributed by atoms with van der Waals surface area (Å²) in [5, 5.41) is 0. The fourth-order valence-electron chi connectivity index (χ4n) is 3.75. The van der Waals surface area contributed by atoms with Crippen LogP contribution in [-0.4, -0.2) is 56.3 Å². The molecule has 0 amide bonds. The molecule has 6 nitrogen and oxygen atoms in total. The molecule has 6 heteroatoms. The van der Waals surface area contributed by atoms with Gasteiger partial charge < -0.3 is 28.4 Å². The highest BCUT2D eigenvalue weighted by molar-refractivity contribution is 5.13. The minimum atomic E-state index is -0.715. The number of ether oxygens (including phenoxy) is 6. The van der Waals surface area contributed by atoms with Crippen LogP contribution in [0.3, 0.4) is 0 Å². The Bertz CT molecular complexity index is 764. The van der Waals surface area contributed by atoms with Crippen LogP contribution in [0.15, 0.2) is 53.6 Å². The Morgan fingerprint density at radius 2 is 1.69 bits per heavy atom. The number of benzene rings is 1. The second-order valence-corrected chi connectivity index (χ2v) is 9.30. The van der Waals surface area contributed by atoms with E-state index in [0.29, 0.717) is 26.4 Å². The summed E-state index contributed by atoms with van der Waals surface area (Å²) in [6, 6.07) is 10.1. The van der Waals surface area contributed by atoms with E-state index >= 15 is 0 Å². The summed E-state index contributed by atoms with van der Waals surface area (Å²) in [4.78, 5) is 0. The van der Waals surface area contributed by atoms with Crippen LogP contribution in [0.2, 0.25) is 0 Å². The third-order valence-electron chi connectivity index (χ3n) is 5.37. The van der Waals surface area contributed by atoms with E-state index in [1.54, 1.807) is 0 Å². The van der Waals surface area contributed by atoms with E-state index < -0.39 is 12.1 Å². The highest BCUT2D eigenvalue weighted by Gasteiger charge is 2.57.